The lowest BCUT2D eigenvalue weighted by Gasteiger charge is -2.00. The molecular formula is C10H6F2O3. The summed E-state index contributed by atoms with van der Waals surface area (Å²) in [4.78, 5) is 11.5. The second-order valence-electron chi connectivity index (χ2n) is 3.01. The number of aliphatic hydroxyl groups is 1. The van der Waals surface area contributed by atoms with E-state index in [-0.39, 0.29) is 16.5 Å². The zero-order valence-corrected chi connectivity index (χ0v) is 7.46. The average molecular weight is 212 g/mol. The summed E-state index contributed by atoms with van der Waals surface area (Å²) >= 11 is 0. The van der Waals surface area contributed by atoms with Crippen molar-refractivity contribution in [2.24, 2.45) is 0 Å². The highest BCUT2D eigenvalue weighted by Crippen LogP contribution is 2.17. The van der Waals surface area contributed by atoms with E-state index in [4.69, 9.17) is 9.52 Å². The number of benzene rings is 1. The van der Waals surface area contributed by atoms with E-state index in [0.29, 0.717) is 6.07 Å². The minimum atomic E-state index is -0.938. The van der Waals surface area contributed by atoms with Gasteiger partial charge < -0.3 is 9.52 Å². The lowest BCUT2D eigenvalue weighted by Crippen LogP contribution is -2.09. The van der Waals surface area contributed by atoms with Crippen molar-refractivity contribution in [3.8, 4) is 0 Å². The highest BCUT2D eigenvalue weighted by molar-refractivity contribution is 5.77. The van der Waals surface area contributed by atoms with Crippen molar-refractivity contribution < 1.29 is 18.3 Å². The average Bonchev–Trinajstić information content (AvgIpc) is 2.19. The van der Waals surface area contributed by atoms with Crippen molar-refractivity contribution in [1.82, 2.24) is 0 Å². The van der Waals surface area contributed by atoms with Gasteiger partial charge in [-0.05, 0) is 6.07 Å². The van der Waals surface area contributed by atoms with Gasteiger partial charge in [0, 0.05) is 6.07 Å². The SMILES string of the molecule is O=c1c(CO)coc2c(F)cc(F)cc12. The molecule has 0 atom stereocenters. The summed E-state index contributed by atoms with van der Waals surface area (Å²) < 4.78 is 30.8. The van der Waals surface area contributed by atoms with Crippen molar-refractivity contribution in [2.75, 3.05) is 0 Å². The van der Waals surface area contributed by atoms with E-state index in [9.17, 15) is 13.6 Å². The van der Waals surface area contributed by atoms with Crippen LogP contribution < -0.4 is 5.43 Å². The summed E-state index contributed by atoms with van der Waals surface area (Å²) in [6.45, 7) is -0.531. The molecule has 0 aliphatic heterocycles. The van der Waals surface area contributed by atoms with Crippen LogP contribution in [0.15, 0.2) is 27.6 Å². The van der Waals surface area contributed by atoms with Gasteiger partial charge in [0.15, 0.2) is 16.8 Å². The van der Waals surface area contributed by atoms with Crippen LogP contribution in [0.2, 0.25) is 0 Å². The maximum Gasteiger partial charge on any atom is 0.198 e. The van der Waals surface area contributed by atoms with E-state index < -0.39 is 23.7 Å². The van der Waals surface area contributed by atoms with Crippen LogP contribution in [0.5, 0.6) is 0 Å². The van der Waals surface area contributed by atoms with Gasteiger partial charge in [0.1, 0.15) is 12.1 Å². The Morgan fingerprint density at radius 2 is 2.07 bits per heavy atom. The standard InChI is InChI=1S/C10H6F2O3/c11-6-1-7-9(14)5(3-13)4-15-10(7)8(12)2-6/h1-2,4,13H,3H2. The normalized spacial score (nSPS) is 10.9. The van der Waals surface area contributed by atoms with Gasteiger partial charge in [0.25, 0.3) is 0 Å². The summed E-state index contributed by atoms with van der Waals surface area (Å²) in [6, 6.07) is 1.51. The highest BCUT2D eigenvalue weighted by atomic mass is 19.1. The van der Waals surface area contributed by atoms with Crippen LogP contribution in [0.25, 0.3) is 11.0 Å². The number of halogens is 2. The lowest BCUT2D eigenvalue weighted by atomic mass is 10.1. The van der Waals surface area contributed by atoms with E-state index in [0.717, 1.165) is 12.3 Å². The van der Waals surface area contributed by atoms with E-state index >= 15 is 0 Å². The fraction of sp³-hybridized carbons (Fsp3) is 0.100. The first-order valence-electron chi connectivity index (χ1n) is 4.14. The second kappa shape index (κ2) is 3.43. The van der Waals surface area contributed by atoms with Crippen LogP contribution in [0, 0.1) is 11.6 Å². The molecule has 0 radical (unpaired) electrons. The molecule has 2 rings (SSSR count). The topological polar surface area (TPSA) is 50.4 Å². The van der Waals surface area contributed by atoms with Gasteiger partial charge in [-0.3, -0.25) is 4.79 Å². The number of aliphatic hydroxyl groups excluding tert-OH is 1. The molecule has 5 heteroatoms. The Hall–Kier alpha value is -1.75. The van der Waals surface area contributed by atoms with Crippen LogP contribution in [-0.2, 0) is 6.61 Å². The van der Waals surface area contributed by atoms with Crippen molar-refractivity contribution in [2.45, 2.75) is 6.61 Å². The monoisotopic (exact) mass is 212 g/mol. The van der Waals surface area contributed by atoms with Gasteiger partial charge in [-0.1, -0.05) is 0 Å². The number of fused-ring (bicyclic) bond motifs is 1. The Kier molecular flexibility index (Phi) is 2.24. The zero-order chi connectivity index (χ0) is 11.0. The first-order chi connectivity index (χ1) is 7.13. The fourth-order valence-corrected chi connectivity index (χ4v) is 1.31. The van der Waals surface area contributed by atoms with Gasteiger partial charge in [0.2, 0.25) is 0 Å². The maximum absolute atomic E-state index is 13.1. The van der Waals surface area contributed by atoms with Gasteiger partial charge in [0.05, 0.1) is 17.6 Å². The quantitative estimate of drug-likeness (QED) is 0.780. The second-order valence-corrected chi connectivity index (χ2v) is 3.01. The molecule has 15 heavy (non-hydrogen) atoms. The van der Waals surface area contributed by atoms with Crippen LogP contribution in [0.3, 0.4) is 0 Å². The third-order valence-corrected chi connectivity index (χ3v) is 2.03. The summed E-state index contributed by atoms with van der Waals surface area (Å²) in [5.41, 5.74) is -0.969. The predicted octanol–water partition coefficient (Wildman–Crippen LogP) is 1.56. The van der Waals surface area contributed by atoms with Gasteiger partial charge >= 0.3 is 0 Å². The minimum Gasteiger partial charge on any atom is -0.461 e. The largest absolute Gasteiger partial charge is 0.461 e. The van der Waals surface area contributed by atoms with E-state index in [2.05, 4.69) is 0 Å². The third kappa shape index (κ3) is 1.50. The van der Waals surface area contributed by atoms with E-state index in [1.807, 2.05) is 0 Å². The molecule has 0 aliphatic rings. The summed E-state index contributed by atoms with van der Waals surface area (Å²) in [5, 5.41) is 8.56. The van der Waals surface area contributed by atoms with Crippen LogP contribution >= 0.6 is 0 Å². The Labute approximate surface area is 82.6 Å². The highest BCUT2D eigenvalue weighted by Gasteiger charge is 2.11. The fourth-order valence-electron chi connectivity index (χ4n) is 1.31. The van der Waals surface area contributed by atoms with Crippen molar-refractivity contribution in [3.63, 3.8) is 0 Å². The maximum atomic E-state index is 13.1. The minimum absolute atomic E-state index is 0.0347. The molecule has 0 bridgehead atoms. The smallest absolute Gasteiger partial charge is 0.198 e. The molecule has 78 valence electrons. The van der Waals surface area contributed by atoms with Crippen molar-refractivity contribution in [3.05, 3.63) is 45.8 Å². The number of hydrogen-bond donors (Lipinski definition) is 1. The van der Waals surface area contributed by atoms with Crippen molar-refractivity contribution in [1.29, 1.82) is 0 Å². The molecule has 2 aromatic rings. The first kappa shape index (κ1) is 9.79. The predicted molar refractivity (Wildman–Crippen MR) is 48.3 cm³/mol. The molecule has 1 aromatic carbocycles. The Balaban J connectivity index is 2.93. The molecule has 0 amide bonds. The van der Waals surface area contributed by atoms with Gasteiger partial charge in [-0.25, -0.2) is 8.78 Å². The molecule has 1 N–H and O–H groups in total. The van der Waals surface area contributed by atoms with Gasteiger partial charge in [-0.15, -0.1) is 0 Å². The number of rotatable bonds is 1. The number of hydrogen-bond acceptors (Lipinski definition) is 3. The molecule has 1 heterocycles. The zero-order valence-electron chi connectivity index (χ0n) is 7.46. The molecule has 0 fully saturated rings. The Morgan fingerprint density at radius 3 is 2.73 bits per heavy atom. The van der Waals surface area contributed by atoms with E-state index in [1.165, 1.54) is 0 Å². The molecule has 1 aromatic heterocycles. The molecule has 0 saturated carbocycles. The third-order valence-electron chi connectivity index (χ3n) is 2.03. The van der Waals surface area contributed by atoms with Gasteiger partial charge in [-0.2, -0.15) is 0 Å². The van der Waals surface area contributed by atoms with Crippen LogP contribution in [-0.4, -0.2) is 5.11 Å². The van der Waals surface area contributed by atoms with Crippen molar-refractivity contribution >= 4 is 11.0 Å². The Morgan fingerprint density at radius 1 is 1.33 bits per heavy atom. The van der Waals surface area contributed by atoms with E-state index in [1.54, 1.807) is 0 Å². The van der Waals surface area contributed by atoms with Crippen LogP contribution in [0.1, 0.15) is 5.56 Å². The molecule has 0 saturated heterocycles. The summed E-state index contributed by atoms with van der Waals surface area (Å²) in [7, 11) is 0. The Bertz CT molecular complexity index is 575. The molecular weight excluding hydrogens is 206 g/mol. The molecule has 0 aliphatic carbocycles. The molecule has 3 nitrogen and oxygen atoms in total. The first-order valence-corrected chi connectivity index (χ1v) is 4.14. The summed E-state index contributed by atoms with van der Waals surface area (Å²) in [6.07, 6.45) is 0.964. The molecule has 0 unspecified atom stereocenters. The van der Waals surface area contributed by atoms with Crippen LogP contribution in [0.4, 0.5) is 8.78 Å². The lowest BCUT2D eigenvalue weighted by molar-refractivity contribution is 0.277. The molecule has 0 spiro atoms. The summed E-state index contributed by atoms with van der Waals surface area (Å²) in [5.74, 6) is -1.80.